The first kappa shape index (κ1) is 18.0. The van der Waals surface area contributed by atoms with Gasteiger partial charge < -0.3 is 9.31 Å². The zero-order valence-electron chi connectivity index (χ0n) is 13.8. The highest BCUT2D eigenvalue weighted by Crippen LogP contribution is 2.39. The van der Waals surface area contributed by atoms with Crippen molar-refractivity contribution in [2.24, 2.45) is 0 Å². The van der Waals surface area contributed by atoms with Crippen LogP contribution in [0, 0.1) is 0 Å². The van der Waals surface area contributed by atoms with E-state index < -0.39 is 18.3 Å². The minimum absolute atomic E-state index is 0.432. The first-order chi connectivity index (χ1) is 10.7. The zero-order chi connectivity index (χ0) is 17.3. The van der Waals surface area contributed by atoms with E-state index in [1.807, 2.05) is 33.8 Å². The van der Waals surface area contributed by atoms with Crippen LogP contribution in [0.3, 0.4) is 0 Å². The Hall–Kier alpha value is -1.37. The second kappa shape index (κ2) is 6.63. The van der Waals surface area contributed by atoms with Gasteiger partial charge in [0.05, 0.1) is 11.2 Å². The van der Waals surface area contributed by atoms with Crippen molar-refractivity contribution < 1.29 is 18.9 Å². The van der Waals surface area contributed by atoms with Crippen LogP contribution in [0.5, 0.6) is 0 Å². The number of thiol groups is 1. The molecule has 23 heavy (non-hydrogen) atoms. The Morgan fingerprint density at radius 2 is 1.43 bits per heavy atom. The highest BCUT2D eigenvalue weighted by molar-refractivity contribution is 7.80. The molecule has 0 atom stereocenters. The number of carbonyl (C=O) groups excluding carboxylic acids is 2. The van der Waals surface area contributed by atoms with Crippen molar-refractivity contribution in [3.8, 4) is 0 Å². The third kappa shape index (κ3) is 3.76. The number of aldehydes is 2. The summed E-state index contributed by atoms with van der Waals surface area (Å²) in [5, 5.41) is 0. The molecule has 0 spiro atoms. The quantitative estimate of drug-likeness (QED) is 0.511. The maximum atomic E-state index is 11.0. The summed E-state index contributed by atoms with van der Waals surface area (Å²) in [7, 11) is -0.503. The summed E-state index contributed by atoms with van der Waals surface area (Å²) in [5.41, 5.74) is 1.63. The van der Waals surface area contributed by atoms with Crippen LogP contribution in [0.4, 0.5) is 0 Å². The third-order valence-electron chi connectivity index (χ3n) is 4.36. The molecule has 1 aromatic rings. The molecule has 6 heteroatoms. The zero-order valence-corrected chi connectivity index (χ0v) is 14.7. The SMILES string of the molecule is CC1(C)OB(C(=Cc2cc(C=O)cc(C=O)c2)CS)OC1(C)C. The van der Waals surface area contributed by atoms with Crippen molar-refractivity contribution in [1.29, 1.82) is 0 Å². The van der Waals surface area contributed by atoms with E-state index in [9.17, 15) is 9.59 Å². The van der Waals surface area contributed by atoms with E-state index in [0.29, 0.717) is 16.9 Å². The van der Waals surface area contributed by atoms with E-state index in [1.54, 1.807) is 18.2 Å². The lowest BCUT2D eigenvalue weighted by atomic mass is 9.78. The van der Waals surface area contributed by atoms with E-state index in [0.717, 1.165) is 23.6 Å². The molecule has 0 N–H and O–H groups in total. The molecule has 0 aliphatic carbocycles. The first-order valence-corrected chi connectivity index (χ1v) is 8.08. The third-order valence-corrected chi connectivity index (χ3v) is 4.73. The smallest absolute Gasteiger partial charge is 0.400 e. The Kier molecular flexibility index (Phi) is 5.18. The fourth-order valence-electron chi connectivity index (χ4n) is 2.32. The Morgan fingerprint density at radius 3 is 1.83 bits per heavy atom. The molecule has 0 amide bonds. The van der Waals surface area contributed by atoms with Gasteiger partial charge in [0.1, 0.15) is 12.6 Å². The molecule has 122 valence electrons. The second-order valence-electron chi connectivity index (χ2n) is 6.63. The van der Waals surface area contributed by atoms with Crippen LogP contribution in [0.25, 0.3) is 6.08 Å². The maximum absolute atomic E-state index is 11.0. The normalized spacial score (nSPS) is 19.7. The number of hydrogen-bond acceptors (Lipinski definition) is 5. The average Bonchev–Trinajstić information content (AvgIpc) is 2.72. The molecule has 1 saturated heterocycles. The first-order valence-electron chi connectivity index (χ1n) is 7.45. The molecule has 0 bridgehead atoms. The van der Waals surface area contributed by atoms with Crippen LogP contribution < -0.4 is 0 Å². The van der Waals surface area contributed by atoms with Gasteiger partial charge >= 0.3 is 7.12 Å². The van der Waals surface area contributed by atoms with Gasteiger partial charge in [-0.3, -0.25) is 9.59 Å². The van der Waals surface area contributed by atoms with Crippen molar-refractivity contribution in [2.45, 2.75) is 38.9 Å². The van der Waals surface area contributed by atoms with E-state index >= 15 is 0 Å². The summed E-state index contributed by atoms with van der Waals surface area (Å²) in [6, 6.07) is 4.98. The number of carbonyl (C=O) groups is 2. The highest BCUT2D eigenvalue weighted by atomic mass is 32.1. The van der Waals surface area contributed by atoms with Gasteiger partial charge in [0.25, 0.3) is 0 Å². The lowest BCUT2D eigenvalue weighted by Gasteiger charge is -2.32. The second-order valence-corrected chi connectivity index (χ2v) is 6.95. The minimum atomic E-state index is -0.503. The van der Waals surface area contributed by atoms with Crippen molar-refractivity contribution in [3.63, 3.8) is 0 Å². The minimum Gasteiger partial charge on any atom is -0.400 e. The lowest BCUT2D eigenvalue weighted by Crippen LogP contribution is -2.41. The van der Waals surface area contributed by atoms with Crippen LogP contribution in [-0.2, 0) is 9.31 Å². The maximum Gasteiger partial charge on any atom is 0.491 e. The summed E-state index contributed by atoms with van der Waals surface area (Å²) in [6.07, 6.45) is 3.30. The topological polar surface area (TPSA) is 52.6 Å². The molecule has 0 radical (unpaired) electrons. The van der Waals surface area contributed by atoms with Gasteiger partial charge in [-0.1, -0.05) is 6.08 Å². The lowest BCUT2D eigenvalue weighted by molar-refractivity contribution is 0.00578. The number of rotatable bonds is 5. The molecule has 0 saturated carbocycles. The number of hydrogen-bond donors (Lipinski definition) is 1. The molecular weight excluding hydrogens is 311 g/mol. The van der Waals surface area contributed by atoms with Crippen molar-refractivity contribution in [2.75, 3.05) is 5.75 Å². The predicted octanol–water partition coefficient (Wildman–Crippen LogP) is 3.26. The van der Waals surface area contributed by atoms with Gasteiger partial charge in [0.15, 0.2) is 0 Å². The molecule has 1 heterocycles. The van der Waals surface area contributed by atoms with E-state index in [1.165, 1.54) is 0 Å². The van der Waals surface area contributed by atoms with Crippen LogP contribution in [0.15, 0.2) is 23.7 Å². The summed E-state index contributed by atoms with van der Waals surface area (Å²) >= 11 is 4.36. The van der Waals surface area contributed by atoms with Crippen molar-refractivity contribution in [3.05, 3.63) is 40.4 Å². The van der Waals surface area contributed by atoms with Crippen molar-refractivity contribution in [1.82, 2.24) is 0 Å². The van der Waals surface area contributed by atoms with Crippen molar-refractivity contribution >= 4 is 38.4 Å². The standard InChI is InChI=1S/C17H21BO4S/c1-16(2)17(3,4)22-18(21-16)15(11-23)8-12-5-13(9-19)7-14(6-12)10-20/h5-10,23H,11H2,1-4H3. The molecular formula is C17H21BO4S. The Morgan fingerprint density at radius 1 is 1.00 bits per heavy atom. The van der Waals surface area contributed by atoms with Gasteiger partial charge in [-0.05, 0) is 56.9 Å². The molecule has 1 aliphatic rings. The fraction of sp³-hybridized carbons (Fsp3) is 0.412. The molecule has 1 aliphatic heterocycles. The Labute approximate surface area is 142 Å². The molecule has 4 nitrogen and oxygen atoms in total. The Balaban J connectivity index is 2.37. The summed E-state index contributed by atoms with van der Waals surface area (Å²) < 4.78 is 12.0. The number of benzene rings is 1. The highest BCUT2D eigenvalue weighted by Gasteiger charge is 2.52. The van der Waals surface area contributed by atoms with E-state index in [-0.39, 0.29) is 0 Å². The van der Waals surface area contributed by atoms with Gasteiger partial charge in [0.2, 0.25) is 0 Å². The fourth-order valence-corrected chi connectivity index (χ4v) is 2.56. The molecule has 0 aromatic heterocycles. The summed E-state index contributed by atoms with van der Waals surface area (Å²) in [4.78, 5) is 22.0. The van der Waals surface area contributed by atoms with Gasteiger partial charge in [0, 0.05) is 16.9 Å². The van der Waals surface area contributed by atoms with Gasteiger partial charge in [-0.15, -0.1) is 0 Å². The predicted molar refractivity (Wildman–Crippen MR) is 95.1 cm³/mol. The Bertz CT molecular complexity index is 610. The van der Waals surface area contributed by atoms with Crippen LogP contribution in [0.2, 0.25) is 0 Å². The van der Waals surface area contributed by atoms with Crippen LogP contribution in [-0.4, -0.2) is 36.6 Å². The van der Waals surface area contributed by atoms with E-state index in [2.05, 4.69) is 12.6 Å². The van der Waals surface area contributed by atoms with Gasteiger partial charge in [-0.25, -0.2) is 0 Å². The summed E-state index contributed by atoms with van der Waals surface area (Å²) in [5.74, 6) is 0.443. The molecule has 1 aromatic carbocycles. The van der Waals surface area contributed by atoms with Crippen LogP contribution >= 0.6 is 12.6 Å². The molecule has 1 fully saturated rings. The van der Waals surface area contributed by atoms with E-state index in [4.69, 9.17) is 9.31 Å². The van der Waals surface area contributed by atoms with Gasteiger partial charge in [-0.2, -0.15) is 12.6 Å². The summed E-state index contributed by atoms with van der Waals surface area (Å²) in [6.45, 7) is 7.95. The largest absolute Gasteiger partial charge is 0.491 e. The monoisotopic (exact) mass is 332 g/mol. The average molecular weight is 332 g/mol. The molecule has 2 rings (SSSR count). The van der Waals surface area contributed by atoms with Crippen LogP contribution in [0.1, 0.15) is 54.0 Å². The molecule has 0 unspecified atom stereocenters.